The summed E-state index contributed by atoms with van der Waals surface area (Å²) in [6, 6.07) is 7.86. The molecule has 2 aliphatic heterocycles. The molecule has 2 saturated heterocycles. The van der Waals surface area contributed by atoms with Gasteiger partial charge >= 0.3 is 0 Å². The molecule has 0 aromatic heterocycles. The number of nitrogens with zero attached hydrogens (tertiary/aromatic N) is 2. The van der Waals surface area contributed by atoms with Crippen molar-refractivity contribution in [2.45, 2.75) is 11.8 Å². The second-order valence-corrected chi connectivity index (χ2v) is 7.19. The fourth-order valence-electron chi connectivity index (χ4n) is 2.87. The number of carbonyl (C=O) groups is 1. The molecule has 2 heterocycles. The van der Waals surface area contributed by atoms with E-state index in [4.69, 9.17) is 16.3 Å². The van der Waals surface area contributed by atoms with Crippen LogP contribution in [0.2, 0.25) is 5.02 Å². The van der Waals surface area contributed by atoms with Gasteiger partial charge in [-0.1, -0.05) is 23.7 Å². The van der Waals surface area contributed by atoms with Crippen molar-refractivity contribution in [1.29, 1.82) is 0 Å². The zero-order chi connectivity index (χ0) is 15.4. The highest BCUT2D eigenvalue weighted by atomic mass is 35.5. The summed E-state index contributed by atoms with van der Waals surface area (Å²) in [5.41, 5.74) is 1.12. The summed E-state index contributed by atoms with van der Waals surface area (Å²) >= 11 is 7.94. The van der Waals surface area contributed by atoms with E-state index in [1.807, 2.05) is 34.9 Å². The Kier molecular flexibility index (Phi) is 5.63. The molecule has 0 saturated carbocycles. The van der Waals surface area contributed by atoms with E-state index < -0.39 is 0 Å². The largest absolute Gasteiger partial charge is 0.379 e. The van der Waals surface area contributed by atoms with Crippen molar-refractivity contribution >= 4 is 29.3 Å². The lowest BCUT2D eigenvalue weighted by molar-refractivity contribution is -0.132. The lowest BCUT2D eigenvalue weighted by Gasteiger charge is -2.37. The van der Waals surface area contributed by atoms with E-state index in [9.17, 15) is 4.79 Å². The van der Waals surface area contributed by atoms with Gasteiger partial charge in [-0.3, -0.25) is 9.69 Å². The van der Waals surface area contributed by atoms with Gasteiger partial charge in [-0.2, -0.15) is 0 Å². The summed E-state index contributed by atoms with van der Waals surface area (Å²) in [6.45, 7) is 5.17. The highest BCUT2D eigenvalue weighted by Gasteiger charge is 2.30. The molecule has 0 radical (unpaired) electrons. The van der Waals surface area contributed by atoms with Crippen LogP contribution in [0.3, 0.4) is 0 Å². The van der Waals surface area contributed by atoms with E-state index in [0.29, 0.717) is 6.42 Å². The summed E-state index contributed by atoms with van der Waals surface area (Å²) in [4.78, 5) is 16.7. The zero-order valence-corrected chi connectivity index (χ0v) is 14.1. The van der Waals surface area contributed by atoms with Crippen LogP contribution in [0.5, 0.6) is 0 Å². The number of amides is 1. The van der Waals surface area contributed by atoms with Crippen LogP contribution in [0.1, 0.15) is 17.4 Å². The fraction of sp³-hybridized carbons (Fsp3) is 0.562. The van der Waals surface area contributed by atoms with Crippen molar-refractivity contribution in [2.75, 3.05) is 45.1 Å². The van der Waals surface area contributed by atoms with Gasteiger partial charge in [-0.15, -0.1) is 11.8 Å². The minimum absolute atomic E-state index is 0.0843. The number of rotatable bonds is 4. The molecular weight excluding hydrogens is 320 g/mol. The van der Waals surface area contributed by atoms with Crippen molar-refractivity contribution < 1.29 is 9.53 Å². The van der Waals surface area contributed by atoms with Gasteiger partial charge in [0, 0.05) is 43.4 Å². The topological polar surface area (TPSA) is 32.8 Å². The van der Waals surface area contributed by atoms with E-state index in [-0.39, 0.29) is 11.3 Å². The number of morpholine rings is 1. The van der Waals surface area contributed by atoms with Crippen LogP contribution in [0.15, 0.2) is 24.3 Å². The predicted octanol–water partition coefficient (Wildman–Crippen LogP) is 2.64. The van der Waals surface area contributed by atoms with Crippen molar-refractivity contribution in [1.82, 2.24) is 9.80 Å². The minimum atomic E-state index is 0.0843. The first-order valence-corrected chi connectivity index (χ1v) is 9.13. The molecular formula is C16H21ClN2O2S. The third-order valence-corrected chi connectivity index (χ3v) is 5.61. The Morgan fingerprint density at radius 2 is 2.09 bits per heavy atom. The summed E-state index contributed by atoms with van der Waals surface area (Å²) < 4.78 is 5.38. The molecule has 1 aromatic rings. The molecule has 2 fully saturated rings. The van der Waals surface area contributed by atoms with Crippen LogP contribution in [0, 0.1) is 0 Å². The second kappa shape index (κ2) is 7.68. The molecule has 4 nitrogen and oxygen atoms in total. The molecule has 0 N–H and O–H groups in total. The quantitative estimate of drug-likeness (QED) is 0.843. The van der Waals surface area contributed by atoms with Gasteiger partial charge in [-0.05, 0) is 17.7 Å². The number of carbonyl (C=O) groups excluding carboxylic acids is 1. The second-order valence-electron chi connectivity index (χ2n) is 5.57. The smallest absolute Gasteiger partial charge is 0.224 e. The number of ether oxygens (including phenoxy) is 1. The first kappa shape index (κ1) is 16.1. The predicted molar refractivity (Wildman–Crippen MR) is 90.2 cm³/mol. The summed E-state index contributed by atoms with van der Waals surface area (Å²) in [7, 11) is 0. The van der Waals surface area contributed by atoms with Gasteiger partial charge in [0.2, 0.25) is 5.91 Å². The molecule has 2 aliphatic rings. The number of halogens is 1. The van der Waals surface area contributed by atoms with E-state index in [0.717, 1.165) is 55.7 Å². The maximum Gasteiger partial charge on any atom is 0.224 e. The number of benzene rings is 1. The Labute approximate surface area is 140 Å². The van der Waals surface area contributed by atoms with Crippen LogP contribution < -0.4 is 0 Å². The van der Waals surface area contributed by atoms with E-state index >= 15 is 0 Å². The maximum absolute atomic E-state index is 12.4. The van der Waals surface area contributed by atoms with E-state index in [2.05, 4.69) is 11.0 Å². The van der Waals surface area contributed by atoms with Gasteiger partial charge in [0.1, 0.15) is 5.37 Å². The third kappa shape index (κ3) is 3.96. The van der Waals surface area contributed by atoms with Crippen molar-refractivity contribution in [3.05, 3.63) is 34.9 Å². The van der Waals surface area contributed by atoms with Crippen molar-refractivity contribution in [3.8, 4) is 0 Å². The van der Waals surface area contributed by atoms with Crippen molar-refractivity contribution in [2.24, 2.45) is 0 Å². The first-order chi connectivity index (χ1) is 10.7. The van der Waals surface area contributed by atoms with E-state index in [1.165, 1.54) is 0 Å². The summed E-state index contributed by atoms with van der Waals surface area (Å²) in [5.74, 6) is 1.13. The number of thioether (sulfide) groups is 1. The molecule has 6 heteroatoms. The molecule has 1 unspecified atom stereocenters. The van der Waals surface area contributed by atoms with Gasteiger partial charge in [0.25, 0.3) is 0 Å². The molecule has 0 bridgehead atoms. The maximum atomic E-state index is 12.4. The Bertz CT molecular complexity index is 523. The summed E-state index contributed by atoms with van der Waals surface area (Å²) in [5, 5.41) is 0.810. The van der Waals surface area contributed by atoms with Gasteiger partial charge in [-0.25, -0.2) is 0 Å². The Hall–Kier alpha value is -0.750. The monoisotopic (exact) mass is 340 g/mol. The van der Waals surface area contributed by atoms with Crippen molar-refractivity contribution in [3.63, 3.8) is 0 Å². The lowest BCUT2D eigenvalue weighted by atomic mass is 10.2. The average molecular weight is 341 g/mol. The number of hydrogen-bond donors (Lipinski definition) is 0. The summed E-state index contributed by atoms with van der Waals surface area (Å²) in [6.07, 6.45) is 0.630. The average Bonchev–Trinajstić information content (AvgIpc) is 2.54. The molecule has 1 atom stereocenters. The SMILES string of the molecule is O=C1CCSC(c2cccc(Cl)c2)N1CCN1CCOCC1. The highest BCUT2D eigenvalue weighted by Crippen LogP contribution is 2.37. The van der Waals surface area contributed by atoms with Crippen LogP contribution >= 0.6 is 23.4 Å². The fourth-order valence-corrected chi connectivity index (χ4v) is 4.33. The van der Waals surface area contributed by atoms with Gasteiger partial charge < -0.3 is 9.64 Å². The molecule has 3 rings (SSSR count). The molecule has 1 aromatic carbocycles. The normalized spacial score (nSPS) is 23.8. The van der Waals surface area contributed by atoms with E-state index in [1.54, 1.807) is 0 Å². The van der Waals surface area contributed by atoms with Crippen LogP contribution in [0.25, 0.3) is 0 Å². The van der Waals surface area contributed by atoms with Crippen LogP contribution in [-0.2, 0) is 9.53 Å². The number of hydrogen-bond acceptors (Lipinski definition) is 4. The highest BCUT2D eigenvalue weighted by molar-refractivity contribution is 7.99. The molecule has 1 amide bonds. The van der Waals surface area contributed by atoms with Crippen LogP contribution in [-0.4, -0.2) is 60.9 Å². The zero-order valence-electron chi connectivity index (χ0n) is 12.5. The molecule has 120 valence electrons. The van der Waals surface area contributed by atoms with Gasteiger partial charge in [0.05, 0.1) is 13.2 Å². The minimum Gasteiger partial charge on any atom is -0.379 e. The Morgan fingerprint density at radius 3 is 2.86 bits per heavy atom. The standard InChI is InChI=1S/C16H21ClN2O2S/c17-14-3-1-2-13(12-14)16-19(15(20)4-11-22-16)6-5-18-7-9-21-10-8-18/h1-3,12,16H,4-11H2. The lowest BCUT2D eigenvalue weighted by Crippen LogP contribution is -2.45. The Balaban J connectivity index is 1.68. The van der Waals surface area contributed by atoms with Gasteiger partial charge in [0.15, 0.2) is 0 Å². The molecule has 0 spiro atoms. The molecule has 22 heavy (non-hydrogen) atoms. The molecule has 0 aliphatic carbocycles. The third-order valence-electron chi connectivity index (χ3n) is 4.09. The Morgan fingerprint density at radius 1 is 1.27 bits per heavy atom. The first-order valence-electron chi connectivity index (χ1n) is 7.71. The van der Waals surface area contributed by atoms with Crippen LogP contribution in [0.4, 0.5) is 0 Å².